The molecule has 0 aromatic carbocycles. The lowest BCUT2D eigenvalue weighted by atomic mass is 10.1. The van der Waals surface area contributed by atoms with Gasteiger partial charge in [-0.2, -0.15) is 8.42 Å². The lowest BCUT2D eigenvalue weighted by molar-refractivity contribution is 0.381. The van der Waals surface area contributed by atoms with Gasteiger partial charge >= 0.3 is 10.4 Å². The van der Waals surface area contributed by atoms with Crippen molar-refractivity contribution in [2.24, 2.45) is 0 Å². The van der Waals surface area contributed by atoms with Gasteiger partial charge in [-0.1, -0.05) is 154 Å². The highest BCUT2D eigenvalue weighted by molar-refractivity contribution is 7.79. The van der Waals surface area contributed by atoms with Crippen LogP contribution in [-0.4, -0.2) is 36.6 Å². The van der Waals surface area contributed by atoms with Crippen LogP contribution < -0.4 is 0 Å². The number of imidazole rings is 2. The van der Waals surface area contributed by atoms with E-state index < -0.39 is 10.4 Å². The van der Waals surface area contributed by atoms with Gasteiger partial charge in [-0.15, -0.1) is 0 Å². The van der Waals surface area contributed by atoms with Crippen LogP contribution in [0.25, 0.3) is 0 Å². The Kier molecular flexibility index (Phi) is 38.4. The van der Waals surface area contributed by atoms with E-state index in [0.29, 0.717) is 0 Å². The Morgan fingerprint density at radius 1 is 0.455 bits per heavy atom. The molecule has 0 saturated carbocycles. The van der Waals surface area contributed by atoms with Crippen LogP contribution in [0.15, 0.2) is 49.1 Å². The highest BCUT2D eigenvalue weighted by Gasteiger charge is 2.02. The molecule has 9 heteroatoms. The van der Waals surface area contributed by atoms with Gasteiger partial charge in [-0.05, 0) is 78.1 Å². The fraction of sp³-hybridized carbons (Fsp3) is 0.783. The number of allylic oxidation sites excluding steroid dienone is 4. The van der Waals surface area contributed by atoms with Crippen LogP contribution in [0.5, 0.6) is 0 Å². The van der Waals surface area contributed by atoms with E-state index in [-0.39, 0.29) is 0 Å². The molecule has 0 bridgehead atoms. The lowest BCUT2D eigenvalue weighted by Gasteiger charge is -2.04. The largest absolute Gasteiger partial charge is 0.394 e. The minimum atomic E-state index is -4.67. The maximum absolute atomic E-state index is 8.74. The van der Waals surface area contributed by atoms with Crippen LogP contribution >= 0.6 is 0 Å². The molecule has 0 aliphatic rings. The van der Waals surface area contributed by atoms with Crippen molar-refractivity contribution in [2.75, 3.05) is 0 Å². The van der Waals surface area contributed by atoms with Gasteiger partial charge in [0.05, 0.1) is 0 Å². The number of rotatable bonds is 34. The summed E-state index contributed by atoms with van der Waals surface area (Å²) < 4.78 is 36.1. The summed E-state index contributed by atoms with van der Waals surface area (Å²) in [6, 6.07) is 0. The summed E-state index contributed by atoms with van der Waals surface area (Å²) in [6.45, 7) is 11.0. The third-order valence-corrected chi connectivity index (χ3v) is 10.1. The second-order valence-corrected chi connectivity index (χ2v) is 16.0. The molecule has 2 rings (SSSR count). The molecular weight excluding hydrogens is 705 g/mol. The van der Waals surface area contributed by atoms with Gasteiger partial charge in [0, 0.05) is 50.7 Å². The molecule has 0 unspecified atom stereocenters. The van der Waals surface area contributed by atoms with Crippen molar-refractivity contribution in [3.63, 3.8) is 0 Å². The summed E-state index contributed by atoms with van der Waals surface area (Å²) in [5.74, 6) is 2.52. The van der Waals surface area contributed by atoms with Crippen molar-refractivity contribution >= 4 is 10.4 Å². The number of hydrogen-bond acceptors (Lipinski definition) is 4. The molecule has 2 aromatic rings. The molecule has 0 aliphatic carbocycles. The lowest BCUT2D eigenvalue weighted by Crippen LogP contribution is -2.00. The van der Waals surface area contributed by atoms with Crippen LogP contribution in [0.4, 0.5) is 0 Å². The molecule has 55 heavy (non-hydrogen) atoms. The molecule has 0 amide bonds. The molecule has 0 spiro atoms. The molecule has 0 fully saturated rings. The summed E-state index contributed by atoms with van der Waals surface area (Å²) >= 11 is 0. The van der Waals surface area contributed by atoms with Gasteiger partial charge in [0.15, 0.2) is 0 Å². The van der Waals surface area contributed by atoms with E-state index >= 15 is 0 Å². The fourth-order valence-electron chi connectivity index (χ4n) is 6.77. The van der Waals surface area contributed by atoms with Crippen LogP contribution in [0, 0.1) is 0 Å². The molecule has 320 valence electrons. The first-order valence-electron chi connectivity index (χ1n) is 22.8. The Balaban J connectivity index is 0.000000943. The molecule has 0 saturated heterocycles. The van der Waals surface area contributed by atoms with Gasteiger partial charge in [0.25, 0.3) is 0 Å². The second kappa shape index (κ2) is 40.0. The summed E-state index contributed by atoms with van der Waals surface area (Å²) in [4.78, 5) is 8.90. The zero-order valence-corrected chi connectivity index (χ0v) is 37.0. The average Bonchev–Trinajstić information content (AvgIpc) is 3.83. The Labute approximate surface area is 340 Å². The molecule has 2 N–H and O–H groups in total. The quantitative estimate of drug-likeness (QED) is 0.0415. The van der Waals surface area contributed by atoms with E-state index in [1.54, 1.807) is 0 Å². The highest BCUT2D eigenvalue weighted by atomic mass is 32.3. The van der Waals surface area contributed by atoms with E-state index in [2.05, 4.69) is 83.5 Å². The molecule has 0 radical (unpaired) electrons. The molecular formula is C46H86N4O4S. The van der Waals surface area contributed by atoms with Gasteiger partial charge in [-0.25, -0.2) is 9.97 Å². The standard InChI is InChI=1S/2C23H42N2.H2O4S/c2*1-3-5-6-7-8-9-10-11-12-13-14-15-16-17-18-19-20-23-24-21-22-25(23)4-2;1-5(2,3)4/h2*11-12,21-22H,3-10,13-20H2,1-2H3;(H2,1,2,3,4)/b2*12-11-;. The van der Waals surface area contributed by atoms with Crippen LogP contribution in [0.1, 0.15) is 219 Å². The molecule has 2 heterocycles. The van der Waals surface area contributed by atoms with Crippen molar-refractivity contribution in [3.8, 4) is 0 Å². The normalized spacial score (nSPS) is 11.6. The smallest absolute Gasteiger partial charge is 0.335 e. The topological polar surface area (TPSA) is 110 Å². The minimum absolute atomic E-state index is 1.04. The fourth-order valence-corrected chi connectivity index (χ4v) is 6.77. The number of nitrogens with zero attached hydrogens (tertiary/aromatic N) is 4. The molecule has 0 aliphatic heterocycles. The minimum Gasteiger partial charge on any atom is -0.335 e. The van der Waals surface area contributed by atoms with Crippen LogP contribution in [0.2, 0.25) is 0 Å². The molecule has 8 nitrogen and oxygen atoms in total. The number of hydrogen-bond donors (Lipinski definition) is 2. The average molecular weight is 791 g/mol. The van der Waals surface area contributed by atoms with Crippen molar-refractivity contribution in [3.05, 3.63) is 60.7 Å². The first-order chi connectivity index (χ1) is 26.8. The predicted octanol–water partition coefficient (Wildman–Crippen LogP) is 14.3. The van der Waals surface area contributed by atoms with E-state index in [9.17, 15) is 0 Å². The maximum atomic E-state index is 8.74. The van der Waals surface area contributed by atoms with Gasteiger partial charge in [0.2, 0.25) is 0 Å². The summed E-state index contributed by atoms with van der Waals surface area (Å²) in [5.41, 5.74) is 0. The van der Waals surface area contributed by atoms with Crippen molar-refractivity contribution in [1.29, 1.82) is 0 Å². The molecule has 2 aromatic heterocycles. The SMILES string of the molecule is CCCCCCCC/C=C\CCCCCCCCc1nccn1CC.CCCCCCCC/C=C\CCCCCCCCc1nccn1CC.O=S(=O)(O)O. The number of aryl methyl sites for hydroxylation is 4. The zero-order chi connectivity index (χ0) is 40.5. The van der Waals surface area contributed by atoms with Gasteiger partial charge in [0.1, 0.15) is 11.6 Å². The van der Waals surface area contributed by atoms with E-state index in [0.717, 1.165) is 25.9 Å². The zero-order valence-electron chi connectivity index (χ0n) is 36.2. The Morgan fingerprint density at radius 3 is 0.982 bits per heavy atom. The maximum Gasteiger partial charge on any atom is 0.394 e. The Hall–Kier alpha value is -2.23. The first kappa shape index (κ1) is 52.8. The number of aromatic nitrogens is 4. The van der Waals surface area contributed by atoms with Crippen LogP contribution in [0.3, 0.4) is 0 Å². The van der Waals surface area contributed by atoms with Crippen molar-refractivity contribution < 1.29 is 17.5 Å². The summed E-state index contributed by atoms with van der Waals surface area (Å²) in [5, 5.41) is 0. The third kappa shape index (κ3) is 38.4. The van der Waals surface area contributed by atoms with E-state index in [1.807, 2.05) is 12.4 Å². The first-order valence-corrected chi connectivity index (χ1v) is 24.2. The van der Waals surface area contributed by atoms with Gasteiger partial charge in [-0.3, -0.25) is 9.11 Å². The van der Waals surface area contributed by atoms with Crippen LogP contribution in [-0.2, 0) is 36.3 Å². The van der Waals surface area contributed by atoms with Crippen molar-refractivity contribution in [1.82, 2.24) is 19.1 Å². The second-order valence-electron chi connectivity index (χ2n) is 15.1. The van der Waals surface area contributed by atoms with E-state index in [1.165, 1.54) is 191 Å². The predicted molar refractivity (Wildman–Crippen MR) is 236 cm³/mol. The Morgan fingerprint density at radius 2 is 0.709 bits per heavy atom. The molecule has 0 atom stereocenters. The highest BCUT2D eigenvalue weighted by Crippen LogP contribution is 2.13. The van der Waals surface area contributed by atoms with E-state index in [4.69, 9.17) is 17.5 Å². The van der Waals surface area contributed by atoms with Crippen molar-refractivity contribution in [2.45, 2.75) is 233 Å². The monoisotopic (exact) mass is 791 g/mol. The number of unbranched alkanes of at least 4 members (excludes halogenated alkanes) is 24. The Bertz CT molecular complexity index is 1150. The van der Waals surface area contributed by atoms with Gasteiger partial charge < -0.3 is 9.13 Å². The summed E-state index contributed by atoms with van der Waals surface area (Å²) in [7, 11) is -4.67. The third-order valence-electron chi connectivity index (χ3n) is 10.1. The summed E-state index contributed by atoms with van der Waals surface area (Å²) in [6.07, 6.45) is 58.4.